The summed E-state index contributed by atoms with van der Waals surface area (Å²) >= 11 is 3.51. The van der Waals surface area contributed by atoms with Crippen molar-refractivity contribution in [2.45, 2.75) is 25.7 Å². The van der Waals surface area contributed by atoms with E-state index in [0.29, 0.717) is 12.5 Å². The zero-order chi connectivity index (χ0) is 17.4. The van der Waals surface area contributed by atoms with Crippen LogP contribution in [0.25, 0.3) is 0 Å². The van der Waals surface area contributed by atoms with Crippen LogP contribution in [0.2, 0.25) is 0 Å². The molecule has 1 saturated heterocycles. The Labute approximate surface area is 166 Å². The molecular weight excluding hydrogens is 404 g/mol. The van der Waals surface area contributed by atoms with Crippen molar-refractivity contribution in [1.29, 1.82) is 0 Å². The summed E-state index contributed by atoms with van der Waals surface area (Å²) in [7, 11) is 3.69. The van der Waals surface area contributed by atoms with Gasteiger partial charge >= 0.3 is 0 Å². The summed E-state index contributed by atoms with van der Waals surface area (Å²) in [6, 6.07) is 8.24. The highest BCUT2D eigenvalue weighted by Gasteiger charge is 2.28. The number of halogens is 2. The Bertz CT molecular complexity index is 522. The van der Waals surface area contributed by atoms with E-state index in [4.69, 9.17) is 4.74 Å². The van der Waals surface area contributed by atoms with Gasteiger partial charge < -0.3 is 15.0 Å². The molecule has 1 N–H and O–H groups in total. The molecule has 6 heteroatoms. The molecule has 142 valence electrons. The Morgan fingerprint density at radius 2 is 2.12 bits per heavy atom. The number of nitrogens with zero attached hydrogens (tertiary/aromatic N) is 1. The van der Waals surface area contributed by atoms with Gasteiger partial charge in [-0.3, -0.25) is 4.79 Å². The number of hydrogen-bond acceptors (Lipinski definition) is 3. The molecule has 1 aliphatic rings. The van der Waals surface area contributed by atoms with E-state index in [0.717, 1.165) is 49.8 Å². The fourth-order valence-corrected chi connectivity index (χ4v) is 3.87. The first kappa shape index (κ1) is 22.4. The molecule has 1 unspecified atom stereocenters. The third-order valence-corrected chi connectivity index (χ3v) is 5.30. The van der Waals surface area contributed by atoms with Crippen molar-refractivity contribution in [3.05, 3.63) is 34.3 Å². The molecule has 0 aliphatic carbocycles. The SMILES string of the molecule is CNCC1CCN(C(=O)C(CCOC)Cc2cccc(Br)c2)CC1.Cl. The van der Waals surface area contributed by atoms with E-state index in [1.54, 1.807) is 7.11 Å². The zero-order valence-corrected chi connectivity index (χ0v) is 17.6. The lowest BCUT2D eigenvalue weighted by atomic mass is 9.92. The number of amides is 1. The predicted octanol–water partition coefficient (Wildman–Crippen LogP) is 3.52. The summed E-state index contributed by atoms with van der Waals surface area (Å²) < 4.78 is 6.29. The highest BCUT2D eigenvalue weighted by Crippen LogP contribution is 2.22. The summed E-state index contributed by atoms with van der Waals surface area (Å²) in [6.07, 6.45) is 3.75. The van der Waals surface area contributed by atoms with Crippen LogP contribution in [0.3, 0.4) is 0 Å². The van der Waals surface area contributed by atoms with E-state index in [9.17, 15) is 4.79 Å². The third kappa shape index (κ3) is 7.26. The molecule has 1 aromatic carbocycles. The van der Waals surface area contributed by atoms with Crippen LogP contribution in [0, 0.1) is 11.8 Å². The minimum atomic E-state index is 0. The Hall–Kier alpha value is -0.620. The van der Waals surface area contributed by atoms with Crippen molar-refractivity contribution in [2.75, 3.05) is 40.4 Å². The lowest BCUT2D eigenvalue weighted by Crippen LogP contribution is -2.43. The van der Waals surface area contributed by atoms with E-state index in [1.807, 2.05) is 19.2 Å². The third-order valence-electron chi connectivity index (χ3n) is 4.81. The number of benzene rings is 1. The summed E-state index contributed by atoms with van der Waals surface area (Å²) in [6.45, 7) is 3.44. The monoisotopic (exact) mass is 432 g/mol. The van der Waals surface area contributed by atoms with Crippen LogP contribution < -0.4 is 5.32 Å². The number of rotatable bonds is 8. The second kappa shape index (κ2) is 11.9. The average molecular weight is 434 g/mol. The molecule has 0 bridgehead atoms. The number of carbonyl (C=O) groups excluding carboxylic acids is 1. The van der Waals surface area contributed by atoms with Gasteiger partial charge in [-0.15, -0.1) is 12.4 Å². The number of ether oxygens (including phenoxy) is 1. The number of carbonyl (C=O) groups is 1. The number of piperidine rings is 1. The van der Waals surface area contributed by atoms with Gasteiger partial charge in [0.05, 0.1) is 0 Å². The van der Waals surface area contributed by atoms with E-state index in [1.165, 1.54) is 5.56 Å². The zero-order valence-electron chi connectivity index (χ0n) is 15.2. The predicted molar refractivity (Wildman–Crippen MR) is 108 cm³/mol. The van der Waals surface area contributed by atoms with Crippen LogP contribution in [-0.4, -0.2) is 51.2 Å². The van der Waals surface area contributed by atoms with Gasteiger partial charge in [0.2, 0.25) is 5.91 Å². The summed E-state index contributed by atoms with van der Waals surface area (Å²) in [5.74, 6) is 0.983. The molecule has 4 nitrogen and oxygen atoms in total. The summed E-state index contributed by atoms with van der Waals surface area (Å²) in [4.78, 5) is 15.1. The van der Waals surface area contributed by atoms with Crippen molar-refractivity contribution in [2.24, 2.45) is 11.8 Å². The van der Waals surface area contributed by atoms with Gasteiger partial charge in [-0.1, -0.05) is 28.1 Å². The van der Waals surface area contributed by atoms with Crippen molar-refractivity contribution in [3.8, 4) is 0 Å². The second-order valence-corrected chi connectivity index (χ2v) is 7.55. The molecule has 1 aromatic rings. The molecule has 0 radical (unpaired) electrons. The minimum absolute atomic E-state index is 0. The van der Waals surface area contributed by atoms with Gasteiger partial charge in [0.25, 0.3) is 0 Å². The highest BCUT2D eigenvalue weighted by molar-refractivity contribution is 9.10. The molecule has 0 saturated carbocycles. The van der Waals surface area contributed by atoms with Crippen LogP contribution in [0.4, 0.5) is 0 Å². The fraction of sp³-hybridized carbons (Fsp3) is 0.632. The van der Waals surface area contributed by atoms with E-state index in [-0.39, 0.29) is 24.2 Å². The molecule has 0 spiro atoms. The molecule has 1 amide bonds. The van der Waals surface area contributed by atoms with Crippen LogP contribution in [0.1, 0.15) is 24.8 Å². The molecule has 0 aromatic heterocycles. The largest absolute Gasteiger partial charge is 0.385 e. The van der Waals surface area contributed by atoms with Gasteiger partial charge in [0.15, 0.2) is 0 Å². The maximum atomic E-state index is 13.0. The normalized spacial score (nSPS) is 16.4. The molecular formula is C19H30BrClN2O2. The molecule has 1 fully saturated rings. The minimum Gasteiger partial charge on any atom is -0.385 e. The number of likely N-dealkylation sites (tertiary alicyclic amines) is 1. The van der Waals surface area contributed by atoms with Crippen molar-refractivity contribution in [1.82, 2.24) is 10.2 Å². The highest BCUT2D eigenvalue weighted by atomic mass is 79.9. The van der Waals surface area contributed by atoms with Gasteiger partial charge in [-0.05, 0) is 62.9 Å². The fourth-order valence-electron chi connectivity index (χ4n) is 3.43. The molecule has 1 aliphatic heterocycles. The van der Waals surface area contributed by atoms with Crippen LogP contribution in [-0.2, 0) is 16.0 Å². The summed E-state index contributed by atoms with van der Waals surface area (Å²) in [5, 5.41) is 3.25. The van der Waals surface area contributed by atoms with Crippen LogP contribution in [0.15, 0.2) is 28.7 Å². The van der Waals surface area contributed by atoms with Crippen LogP contribution >= 0.6 is 28.3 Å². The van der Waals surface area contributed by atoms with Gasteiger partial charge in [-0.2, -0.15) is 0 Å². The lowest BCUT2D eigenvalue weighted by molar-refractivity contribution is -0.137. The van der Waals surface area contributed by atoms with Crippen molar-refractivity contribution in [3.63, 3.8) is 0 Å². The maximum absolute atomic E-state index is 13.0. The van der Waals surface area contributed by atoms with Crippen LogP contribution in [0.5, 0.6) is 0 Å². The smallest absolute Gasteiger partial charge is 0.226 e. The maximum Gasteiger partial charge on any atom is 0.226 e. The molecule has 2 rings (SSSR count). The molecule has 1 heterocycles. The lowest BCUT2D eigenvalue weighted by Gasteiger charge is -2.34. The number of hydrogen-bond donors (Lipinski definition) is 1. The van der Waals surface area contributed by atoms with Gasteiger partial charge in [0, 0.05) is 37.2 Å². The van der Waals surface area contributed by atoms with Gasteiger partial charge in [-0.25, -0.2) is 0 Å². The first-order valence-corrected chi connectivity index (χ1v) is 9.60. The molecule has 25 heavy (non-hydrogen) atoms. The Morgan fingerprint density at radius 3 is 2.72 bits per heavy atom. The quantitative estimate of drug-likeness (QED) is 0.682. The average Bonchev–Trinajstić information content (AvgIpc) is 2.59. The van der Waals surface area contributed by atoms with Crippen molar-refractivity contribution < 1.29 is 9.53 Å². The van der Waals surface area contributed by atoms with E-state index < -0.39 is 0 Å². The van der Waals surface area contributed by atoms with Gasteiger partial charge in [0.1, 0.15) is 0 Å². The van der Waals surface area contributed by atoms with E-state index in [2.05, 4.69) is 38.3 Å². The topological polar surface area (TPSA) is 41.6 Å². The Morgan fingerprint density at radius 1 is 1.40 bits per heavy atom. The number of methoxy groups -OCH3 is 1. The second-order valence-electron chi connectivity index (χ2n) is 6.64. The summed E-state index contributed by atoms with van der Waals surface area (Å²) in [5.41, 5.74) is 1.20. The number of nitrogens with one attached hydrogen (secondary N) is 1. The molecule has 1 atom stereocenters. The first-order chi connectivity index (χ1) is 11.6. The standard InChI is InChI=1S/C19H29BrN2O2.ClH/c1-21-14-15-6-9-22(10-7-15)19(23)17(8-11-24-2)12-16-4-3-5-18(20)13-16;/h3-5,13,15,17,21H,6-12,14H2,1-2H3;1H. The Balaban J connectivity index is 0.00000312. The first-order valence-electron chi connectivity index (χ1n) is 8.80. The van der Waals surface area contributed by atoms with E-state index >= 15 is 0 Å². The van der Waals surface area contributed by atoms with Crippen molar-refractivity contribution >= 4 is 34.2 Å². The Kier molecular flexibility index (Phi) is 10.7.